The van der Waals surface area contributed by atoms with Crippen molar-refractivity contribution in [1.29, 1.82) is 0 Å². The highest BCUT2D eigenvalue weighted by Crippen LogP contribution is 2.30. The number of nitrogens with one attached hydrogen (secondary N) is 1. The number of oxazole rings is 1. The second kappa shape index (κ2) is 6.97. The quantitative estimate of drug-likeness (QED) is 0.689. The van der Waals surface area contributed by atoms with E-state index >= 15 is 0 Å². The maximum Gasteiger partial charge on any atom is 0.260 e. The molecule has 3 rings (SSSR count). The lowest BCUT2D eigenvalue weighted by molar-refractivity contribution is 0.102. The summed E-state index contributed by atoms with van der Waals surface area (Å²) in [4.78, 5) is 20.4. The van der Waals surface area contributed by atoms with E-state index in [1.54, 1.807) is 42.1 Å². The summed E-state index contributed by atoms with van der Waals surface area (Å²) < 4.78 is 8.13. The number of thiazole rings is 1. The number of anilines is 1. The number of hydrogen-bond donors (Lipinski definition) is 1. The van der Waals surface area contributed by atoms with Crippen molar-refractivity contribution in [3.05, 3.63) is 42.0 Å². The highest BCUT2D eigenvalue weighted by molar-refractivity contribution is 8.00. The molecule has 0 saturated heterocycles. The Balaban J connectivity index is 1.56. The van der Waals surface area contributed by atoms with Crippen molar-refractivity contribution in [3.8, 4) is 0 Å². The van der Waals surface area contributed by atoms with E-state index < -0.39 is 0 Å². The summed E-state index contributed by atoms with van der Waals surface area (Å²) in [6.07, 6.45) is 7.50. The Bertz CT molecular complexity index is 808. The lowest BCUT2D eigenvalue weighted by Crippen LogP contribution is -2.10. The fraction of sp³-hybridized carbons (Fsp3) is 0.286. The molecule has 7 nitrogen and oxygen atoms in total. The zero-order valence-corrected chi connectivity index (χ0v) is 14.3. The molecule has 0 aliphatic heterocycles. The van der Waals surface area contributed by atoms with Gasteiger partial charge in [0.2, 0.25) is 5.89 Å². The van der Waals surface area contributed by atoms with Gasteiger partial charge in [0, 0.05) is 19.7 Å². The van der Waals surface area contributed by atoms with Crippen molar-refractivity contribution in [1.82, 2.24) is 19.7 Å². The predicted molar refractivity (Wildman–Crippen MR) is 88.7 cm³/mol. The highest BCUT2D eigenvalue weighted by atomic mass is 32.2. The van der Waals surface area contributed by atoms with Gasteiger partial charge in [0.1, 0.15) is 5.76 Å². The Labute approximate surface area is 141 Å². The van der Waals surface area contributed by atoms with Crippen molar-refractivity contribution in [2.45, 2.75) is 23.3 Å². The van der Waals surface area contributed by atoms with Crippen molar-refractivity contribution < 1.29 is 9.21 Å². The van der Waals surface area contributed by atoms with Gasteiger partial charge >= 0.3 is 0 Å². The molecule has 0 fully saturated rings. The van der Waals surface area contributed by atoms with Crippen molar-refractivity contribution in [2.75, 3.05) is 5.32 Å². The van der Waals surface area contributed by atoms with E-state index in [-0.39, 0.29) is 5.91 Å². The van der Waals surface area contributed by atoms with E-state index in [1.165, 1.54) is 17.5 Å². The smallest absolute Gasteiger partial charge is 0.260 e. The Morgan fingerprint density at radius 2 is 2.26 bits per heavy atom. The van der Waals surface area contributed by atoms with Gasteiger partial charge in [-0.1, -0.05) is 18.3 Å². The summed E-state index contributed by atoms with van der Waals surface area (Å²) in [5, 5.41) is 7.30. The van der Waals surface area contributed by atoms with Gasteiger partial charge in [-0.2, -0.15) is 5.10 Å². The zero-order valence-electron chi connectivity index (χ0n) is 12.6. The number of rotatable bonds is 6. The third-order valence-electron chi connectivity index (χ3n) is 2.96. The van der Waals surface area contributed by atoms with Gasteiger partial charge in [-0.25, -0.2) is 9.97 Å². The van der Waals surface area contributed by atoms with Gasteiger partial charge in [0.05, 0.1) is 34.1 Å². The molecule has 3 aromatic rings. The summed E-state index contributed by atoms with van der Waals surface area (Å²) in [5.41, 5.74) is 0.504. The molecule has 0 unspecified atom stereocenters. The number of amides is 1. The fourth-order valence-electron chi connectivity index (χ4n) is 1.80. The molecule has 120 valence electrons. The number of thioether (sulfide) groups is 1. The predicted octanol–water partition coefficient (Wildman–Crippen LogP) is 2.97. The number of hydrogen-bond acceptors (Lipinski definition) is 7. The van der Waals surface area contributed by atoms with E-state index in [0.717, 1.165) is 16.4 Å². The lowest BCUT2D eigenvalue weighted by atomic mass is 10.3. The van der Waals surface area contributed by atoms with Gasteiger partial charge in [-0.3, -0.25) is 14.8 Å². The number of aryl methyl sites for hydroxylation is 2. The number of aromatic nitrogens is 4. The minimum Gasteiger partial charge on any atom is -0.445 e. The summed E-state index contributed by atoms with van der Waals surface area (Å²) in [5.74, 6) is 2.00. The number of carbonyl (C=O) groups is 1. The molecule has 0 aliphatic rings. The standard InChI is InChI=1S/C14H15N5O2S2/c1-3-10-5-15-11(21-10)8-22-12-6-16-14(23-12)18-13(20)9-4-17-19(2)7-9/h4-7H,3,8H2,1-2H3,(H,16,18,20). The average Bonchev–Trinajstić information content (AvgIpc) is 3.25. The molecule has 1 amide bonds. The van der Waals surface area contributed by atoms with E-state index in [0.29, 0.717) is 22.3 Å². The van der Waals surface area contributed by atoms with Gasteiger partial charge in [0.25, 0.3) is 5.91 Å². The van der Waals surface area contributed by atoms with Crippen LogP contribution in [0.3, 0.4) is 0 Å². The van der Waals surface area contributed by atoms with Crippen LogP contribution in [0, 0.1) is 0 Å². The first-order valence-corrected chi connectivity index (χ1v) is 8.76. The molecule has 23 heavy (non-hydrogen) atoms. The molecule has 0 bridgehead atoms. The summed E-state index contributed by atoms with van der Waals surface area (Å²) in [7, 11) is 1.77. The van der Waals surface area contributed by atoms with Crippen LogP contribution in [-0.2, 0) is 19.2 Å². The normalized spacial score (nSPS) is 10.9. The fourth-order valence-corrected chi connectivity index (χ4v) is 3.52. The largest absolute Gasteiger partial charge is 0.445 e. The summed E-state index contributed by atoms with van der Waals surface area (Å²) in [6, 6.07) is 0. The molecule has 0 atom stereocenters. The van der Waals surface area contributed by atoms with Crippen LogP contribution >= 0.6 is 23.1 Å². The Hall–Kier alpha value is -2.13. The van der Waals surface area contributed by atoms with E-state index in [4.69, 9.17) is 4.42 Å². The van der Waals surface area contributed by atoms with Crippen LogP contribution < -0.4 is 5.32 Å². The monoisotopic (exact) mass is 349 g/mol. The average molecular weight is 349 g/mol. The molecule has 0 radical (unpaired) electrons. The van der Waals surface area contributed by atoms with Crippen molar-refractivity contribution >= 4 is 34.1 Å². The first kappa shape index (κ1) is 15.8. The van der Waals surface area contributed by atoms with Crippen LogP contribution in [0.2, 0.25) is 0 Å². The van der Waals surface area contributed by atoms with E-state index in [1.807, 2.05) is 6.92 Å². The molecule has 3 heterocycles. The molecule has 0 spiro atoms. The minimum absolute atomic E-state index is 0.218. The molecule has 0 aromatic carbocycles. The van der Waals surface area contributed by atoms with Gasteiger partial charge < -0.3 is 4.42 Å². The Morgan fingerprint density at radius 3 is 2.96 bits per heavy atom. The second-order valence-electron chi connectivity index (χ2n) is 4.70. The second-order valence-corrected chi connectivity index (χ2v) is 7.01. The molecule has 3 aromatic heterocycles. The highest BCUT2D eigenvalue weighted by Gasteiger charge is 2.11. The summed E-state index contributed by atoms with van der Waals surface area (Å²) in [6.45, 7) is 2.03. The van der Waals surface area contributed by atoms with Gasteiger partial charge in [-0.05, 0) is 0 Å². The van der Waals surface area contributed by atoms with Crippen LogP contribution in [0.25, 0.3) is 0 Å². The lowest BCUT2D eigenvalue weighted by Gasteiger charge is -1.97. The van der Waals surface area contributed by atoms with Crippen molar-refractivity contribution in [2.24, 2.45) is 7.05 Å². The van der Waals surface area contributed by atoms with Crippen LogP contribution in [0.1, 0.15) is 28.9 Å². The maximum absolute atomic E-state index is 12.0. The molecule has 1 N–H and O–H groups in total. The zero-order chi connectivity index (χ0) is 16.2. The first-order chi connectivity index (χ1) is 11.1. The number of nitrogens with zero attached hydrogens (tertiary/aromatic N) is 4. The van der Waals surface area contributed by atoms with E-state index in [2.05, 4.69) is 20.4 Å². The maximum atomic E-state index is 12.0. The third-order valence-corrected chi connectivity index (χ3v) is 5.05. The van der Waals surface area contributed by atoms with Crippen LogP contribution in [-0.4, -0.2) is 25.7 Å². The van der Waals surface area contributed by atoms with Crippen molar-refractivity contribution in [3.63, 3.8) is 0 Å². The first-order valence-electron chi connectivity index (χ1n) is 6.96. The van der Waals surface area contributed by atoms with Gasteiger partial charge in [-0.15, -0.1) is 11.8 Å². The SMILES string of the molecule is CCc1cnc(CSc2cnc(NC(=O)c3cnn(C)c3)s2)o1. The molecule has 9 heteroatoms. The Morgan fingerprint density at radius 1 is 1.39 bits per heavy atom. The molecular weight excluding hydrogens is 334 g/mol. The minimum atomic E-state index is -0.218. The van der Waals surface area contributed by atoms with Crippen LogP contribution in [0.4, 0.5) is 5.13 Å². The molecule has 0 saturated carbocycles. The topological polar surface area (TPSA) is 85.8 Å². The molecular formula is C14H15N5O2S2. The Kier molecular flexibility index (Phi) is 4.77. The van der Waals surface area contributed by atoms with Gasteiger partial charge in [0.15, 0.2) is 5.13 Å². The number of carbonyl (C=O) groups excluding carboxylic acids is 1. The van der Waals surface area contributed by atoms with Crippen LogP contribution in [0.5, 0.6) is 0 Å². The molecule has 0 aliphatic carbocycles. The summed E-state index contributed by atoms with van der Waals surface area (Å²) >= 11 is 2.99. The van der Waals surface area contributed by atoms with Crippen LogP contribution in [0.15, 0.2) is 33.4 Å². The third kappa shape index (κ3) is 3.99. The van der Waals surface area contributed by atoms with E-state index in [9.17, 15) is 4.79 Å².